The maximum atomic E-state index is 13.3. The molecule has 0 aromatic heterocycles. The van der Waals surface area contributed by atoms with Crippen molar-refractivity contribution < 1.29 is 18.6 Å². The van der Waals surface area contributed by atoms with E-state index in [-0.39, 0.29) is 5.56 Å². The average molecular weight is 284 g/mol. The summed E-state index contributed by atoms with van der Waals surface area (Å²) in [6.45, 7) is 4.52. The lowest BCUT2D eigenvalue weighted by molar-refractivity contribution is -0.146. The third-order valence-electron chi connectivity index (χ3n) is 4.25. The van der Waals surface area contributed by atoms with E-state index in [2.05, 4.69) is 6.92 Å². The monoisotopic (exact) mass is 284 g/mol. The van der Waals surface area contributed by atoms with Crippen LogP contribution in [0.3, 0.4) is 0 Å². The first-order valence-electron chi connectivity index (χ1n) is 7.25. The summed E-state index contributed by atoms with van der Waals surface area (Å²) < 4.78 is 32.5. The number of benzene rings is 1. The van der Waals surface area contributed by atoms with E-state index < -0.39 is 23.3 Å². The molecule has 1 aliphatic rings. The Hall–Kier alpha value is -1.00. The minimum atomic E-state index is -1.000. The third-order valence-corrected chi connectivity index (χ3v) is 4.25. The lowest BCUT2D eigenvalue weighted by Gasteiger charge is -2.42. The highest BCUT2D eigenvalue weighted by molar-refractivity contribution is 5.23. The van der Waals surface area contributed by atoms with Gasteiger partial charge in [0.1, 0.15) is 17.7 Å². The van der Waals surface area contributed by atoms with Gasteiger partial charge in [-0.05, 0) is 56.2 Å². The second-order valence-electron chi connectivity index (χ2n) is 5.79. The topological polar surface area (TPSA) is 29.5 Å². The van der Waals surface area contributed by atoms with Crippen LogP contribution in [0.5, 0.6) is 0 Å². The van der Waals surface area contributed by atoms with Gasteiger partial charge in [-0.15, -0.1) is 0 Å². The molecule has 20 heavy (non-hydrogen) atoms. The molecule has 1 unspecified atom stereocenters. The molecular weight excluding hydrogens is 262 g/mol. The molecule has 0 radical (unpaired) electrons. The number of rotatable bonds is 4. The van der Waals surface area contributed by atoms with Crippen molar-refractivity contribution >= 4 is 0 Å². The summed E-state index contributed by atoms with van der Waals surface area (Å²) in [7, 11) is 0. The second kappa shape index (κ2) is 6.19. The molecule has 0 heterocycles. The Kier molecular flexibility index (Phi) is 4.76. The maximum absolute atomic E-state index is 13.3. The van der Waals surface area contributed by atoms with Crippen LogP contribution in [0.1, 0.15) is 51.2 Å². The normalized spacial score (nSPS) is 28.4. The number of hydrogen-bond donors (Lipinski definition) is 1. The first-order chi connectivity index (χ1) is 9.47. The van der Waals surface area contributed by atoms with E-state index in [0.717, 1.165) is 18.9 Å². The van der Waals surface area contributed by atoms with Gasteiger partial charge < -0.3 is 9.84 Å². The number of aliphatic hydroxyl groups is 1. The van der Waals surface area contributed by atoms with Crippen LogP contribution in [0.15, 0.2) is 18.2 Å². The first-order valence-corrected chi connectivity index (χ1v) is 7.25. The summed E-state index contributed by atoms with van der Waals surface area (Å²) in [4.78, 5) is 0. The Morgan fingerprint density at radius 3 is 2.30 bits per heavy atom. The van der Waals surface area contributed by atoms with Crippen molar-refractivity contribution in [1.29, 1.82) is 0 Å². The standard InChI is InChI=1S/C16H22F2O2/c1-3-20-16(6-4-11(2)5-7-16)15(19)12-8-13(17)10-14(18)9-12/h8-11,15,19H,3-7H2,1-2H3. The van der Waals surface area contributed by atoms with Gasteiger partial charge in [-0.1, -0.05) is 6.92 Å². The zero-order chi connectivity index (χ0) is 14.8. The van der Waals surface area contributed by atoms with Gasteiger partial charge in [-0.25, -0.2) is 8.78 Å². The number of aliphatic hydroxyl groups excluding tert-OH is 1. The van der Waals surface area contributed by atoms with Gasteiger partial charge in [0.15, 0.2) is 0 Å². The van der Waals surface area contributed by atoms with E-state index in [9.17, 15) is 13.9 Å². The lowest BCUT2D eigenvalue weighted by Crippen LogP contribution is -2.43. The number of ether oxygens (including phenoxy) is 1. The molecule has 1 N–H and O–H groups in total. The van der Waals surface area contributed by atoms with Crippen molar-refractivity contribution in [2.45, 2.75) is 51.2 Å². The van der Waals surface area contributed by atoms with E-state index in [0.29, 0.717) is 25.4 Å². The Bertz CT molecular complexity index is 434. The molecule has 1 atom stereocenters. The largest absolute Gasteiger partial charge is 0.385 e. The summed E-state index contributed by atoms with van der Waals surface area (Å²) in [6.07, 6.45) is 2.33. The predicted molar refractivity (Wildman–Crippen MR) is 73.3 cm³/mol. The lowest BCUT2D eigenvalue weighted by atomic mass is 9.74. The van der Waals surface area contributed by atoms with Gasteiger partial charge in [0.05, 0.1) is 5.60 Å². The summed E-state index contributed by atoms with van der Waals surface area (Å²) in [6, 6.07) is 3.19. The van der Waals surface area contributed by atoms with Crippen molar-refractivity contribution in [2.24, 2.45) is 5.92 Å². The van der Waals surface area contributed by atoms with Gasteiger partial charge in [0.25, 0.3) is 0 Å². The molecule has 0 aliphatic heterocycles. The molecule has 112 valence electrons. The van der Waals surface area contributed by atoms with Crippen molar-refractivity contribution in [2.75, 3.05) is 6.61 Å². The number of halogens is 2. The van der Waals surface area contributed by atoms with Crippen LogP contribution >= 0.6 is 0 Å². The maximum Gasteiger partial charge on any atom is 0.126 e. The molecule has 0 bridgehead atoms. The zero-order valence-corrected chi connectivity index (χ0v) is 12.0. The molecule has 4 heteroatoms. The van der Waals surface area contributed by atoms with Gasteiger partial charge in [-0.3, -0.25) is 0 Å². The molecule has 0 amide bonds. The van der Waals surface area contributed by atoms with E-state index in [1.807, 2.05) is 6.92 Å². The average Bonchev–Trinajstić information content (AvgIpc) is 2.40. The first kappa shape index (κ1) is 15.4. The summed E-state index contributed by atoms with van der Waals surface area (Å²) in [5, 5.41) is 10.6. The molecule has 1 aromatic carbocycles. The SMILES string of the molecule is CCOC1(C(O)c2cc(F)cc(F)c2)CCC(C)CC1. The van der Waals surface area contributed by atoms with Crippen molar-refractivity contribution in [3.05, 3.63) is 35.4 Å². The highest BCUT2D eigenvalue weighted by atomic mass is 19.1. The molecule has 1 aromatic rings. The molecule has 2 rings (SSSR count). The zero-order valence-electron chi connectivity index (χ0n) is 12.0. The quantitative estimate of drug-likeness (QED) is 0.906. The molecule has 0 spiro atoms. The summed E-state index contributed by atoms with van der Waals surface area (Å²) in [5.41, 5.74) is -0.466. The highest BCUT2D eigenvalue weighted by Crippen LogP contribution is 2.43. The van der Waals surface area contributed by atoms with Gasteiger partial charge in [0, 0.05) is 12.7 Å². The number of hydrogen-bond acceptors (Lipinski definition) is 2. The minimum Gasteiger partial charge on any atom is -0.385 e. The molecule has 1 fully saturated rings. The van der Waals surface area contributed by atoms with Crippen molar-refractivity contribution in [3.63, 3.8) is 0 Å². The van der Waals surface area contributed by atoms with Crippen LogP contribution in [-0.2, 0) is 4.74 Å². The summed E-state index contributed by atoms with van der Waals surface area (Å²) in [5.74, 6) is -0.746. The Labute approximate surface area is 118 Å². The van der Waals surface area contributed by atoms with Crippen LogP contribution in [-0.4, -0.2) is 17.3 Å². The van der Waals surface area contributed by atoms with Crippen LogP contribution in [0.2, 0.25) is 0 Å². The van der Waals surface area contributed by atoms with E-state index >= 15 is 0 Å². The predicted octanol–water partition coefficient (Wildman–Crippen LogP) is 3.98. The highest BCUT2D eigenvalue weighted by Gasteiger charge is 2.42. The molecule has 1 saturated carbocycles. The Morgan fingerprint density at radius 2 is 1.80 bits per heavy atom. The smallest absolute Gasteiger partial charge is 0.126 e. The fourth-order valence-electron chi connectivity index (χ4n) is 3.07. The van der Waals surface area contributed by atoms with E-state index in [1.54, 1.807) is 0 Å². The second-order valence-corrected chi connectivity index (χ2v) is 5.79. The Balaban J connectivity index is 2.28. The van der Waals surface area contributed by atoms with Crippen LogP contribution in [0.25, 0.3) is 0 Å². The Morgan fingerprint density at radius 1 is 1.25 bits per heavy atom. The fraction of sp³-hybridized carbons (Fsp3) is 0.625. The van der Waals surface area contributed by atoms with Gasteiger partial charge in [-0.2, -0.15) is 0 Å². The third kappa shape index (κ3) is 3.18. The van der Waals surface area contributed by atoms with Crippen LogP contribution in [0.4, 0.5) is 8.78 Å². The van der Waals surface area contributed by atoms with Gasteiger partial charge in [0.2, 0.25) is 0 Å². The van der Waals surface area contributed by atoms with Crippen LogP contribution in [0, 0.1) is 17.6 Å². The molecule has 1 aliphatic carbocycles. The molecular formula is C16H22F2O2. The van der Waals surface area contributed by atoms with Gasteiger partial charge >= 0.3 is 0 Å². The van der Waals surface area contributed by atoms with E-state index in [4.69, 9.17) is 4.74 Å². The summed E-state index contributed by atoms with van der Waals surface area (Å²) >= 11 is 0. The van der Waals surface area contributed by atoms with Crippen molar-refractivity contribution in [1.82, 2.24) is 0 Å². The molecule has 2 nitrogen and oxygen atoms in total. The van der Waals surface area contributed by atoms with Crippen LogP contribution < -0.4 is 0 Å². The molecule has 0 saturated heterocycles. The van der Waals surface area contributed by atoms with Crippen molar-refractivity contribution in [3.8, 4) is 0 Å². The fourth-order valence-corrected chi connectivity index (χ4v) is 3.07. The minimum absolute atomic E-state index is 0.255. The van der Waals surface area contributed by atoms with E-state index in [1.165, 1.54) is 12.1 Å².